The Bertz CT molecular complexity index is 1350. The molecule has 0 atom stereocenters. The van der Waals surface area contributed by atoms with E-state index in [4.69, 9.17) is 32.4 Å². The third-order valence-corrected chi connectivity index (χ3v) is 6.24. The molecule has 0 amide bonds. The lowest BCUT2D eigenvalue weighted by atomic mass is 9.97. The van der Waals surface area contributed by atoms with Gasteiger partial charge in [0.15, 0.2) is 0 Å². The maximum Gasteiger partial charge on any atom is 0.344 e. The van der Waals surface area contributed by atoms with Gasteiger partial charge in [0.05, 0.1) is 11.1 Å². The molecule has 0 bridgehead atoms. The standard InChI is InChI=1S/C25H19Cl2NO3/c1-15-19-9-10-22-20(24(19)31-25(29)23(15)16-5-3-2-4-6-16)13-28(14-30-22)12-17-7-8-18(26)11-21(17)27/h2-11H,12-14H2,1H3. The Labute approximate surface area is 189 Å². The van der Waals surface area contributed by atoms with Crippen molar-refractivity contribution in [2.24, 2.45) is 0 Å². The Hall–Kier alpha value is -2.79. The zero-order valence-electron chi connectivity index (χ0n) is 16.8. The second-order valence-corrected chi connectivity index (χ2v) is 8.51. The zero-order valence-corrected chi connectivity index (χ0v) is 18.3. The first-order valence-corrected chi connectivity index (χ1v) is 10.7. The molecule has 0 spiro atoms. The second-order valence-electron chi connectivity index (χ2n) is 7.67. The highest BCUT2D eigenvalue weighted by Gasteiger charge is 2.24. The van der Waals surface area contributed by atoms with Crippen LogP contribution in [-0.4, -0.2) is 11.6 Å². The fourth-order valence-corrected chi connectivity index (χ4v) is 4.57. The fourth-order valence-electron chi connectivity index (χ4n) is 4.10. The van der Waals surface area contributed by atoms with Crippen LogP contribution in [0.5, 0.6) is 5.75 Å². The van der Waals surface area contributed by atoms with E-state index in [-0.39, 0.29) is 5.63 Å². The number of nitrogens with zero attached hydrogens (tertiary/aromatic N) is 1. The Kier molecular flexibility index (Phi) is 5.22. The lowest BCUT2D eigenvalue weighted by Gasteiger charge is -2.29. The zero-order chi connectivity index (χ0) is 21.5. The van der Waals surface area contributed by atoms with Crippen LogP contribution in [0.25, 0.3) is 22.1 Å². The van der Waals surface area contributed by atoms with Crippen LogP contribution in [0.2, 0.25) is 10.0 Å². The van der Waals surface area contributed by atoms with Crippen LogP contribution in [0, 0.1) is 6.92 Å². The highest BCUT2D eigenvalue weighted by molar-refractivity contribution is 6.35. The maximum atomic E-state index is 12.9. The van der Waals surface area contributed by atoms with E-state index >= 15 is 0 Å². The predicted molar refractivity (Wildman–Crippen MR) is 124 cm³/mol. The molecule has 4 aromatic rings. The van der Waals surface area contributed by atoms with Crippen LogP contribution in [0.3, 0.4) is 0 Å². The number of rotatable bonds is 3. The lowest BCUT2D eigenvalue weighted by Crippen LogP contribution is -2.31. The van der Waals surface area contributed by atoms with Gasteiger partial charge >= 0.3 is 5.63 Å². The molecule has 6 heteroatoms. The molecule has 4 nitrogen and oxygen atoms in total. The van der Waals surface area contributed by atoms with E-state index in [1.54, 1.807) is 6.07 Å². The van der Waals surface area contributed by atoms with Crippen LogP contribution in [0.15, 0.2) is 69.9 Å². The van der Waals surface area contributed by atoms with Gasteiger partial charge in [0.2, 0.25) is 0 Å². The highest BCUT2D eigenvalue weighted by atomic mass is 35.5. The van der Waals surface area contributed by atoms with Crippen molar-refractivity contribution in [3.8, 4) is 16.9 Å². The molecule has 31 heavy (non-hydrogen) atoms. The fraction of sp³-hybridized carbons (Fsp3) is 0.160. The van der Waals surface area contributed by atoms with Crippen molar-refractivity contribution in [2.75, 3.05) is 6.73 Å². The van der Waals surface area contributed by atoms with Crippen molar-refractivity contribution in [1.82, 2.24) is 4.90 Å². The summed E-state index contributed by atoms with van der Waals surface area (Å²) in [5.41, 5.74) is 4.40. The van der Waals surface area contributed by atoms with E-state index in [2.05, 4.69) is 4.90 Å². The van der Waals surface area contributed by atoms with E-state index in [1.807, 2.05) is 61.5 Å². The van der Waals surface area contributed by atoms with Crippen LogP contribution < -0.4 is 10.4 Å². The summed E-state index contributed by atoms with van der Waals surface area (Å²) in [5, 5.41) is 2.13. The van der Waals surface area contributed by atoms with E-state index in [1.165, 1.54) is 0 Å². The Morgan fingerprint density at radius 2 is 1.84 bits per heavy atom. The van der Waals surface area contributed by atoms with Crippen LogP contribution in [0.4, 0.5) is 0 Å². The lowest BCUT2D eigenvalue weighted by molar-refractivity contribution is 0.0890. The SMILES string of the molecule is Cc1c(-c2ccccc2)c(=O)oc2c3c(ccc12)OCN(Cc1ccc(Cl)cc1Cl)C3. The molecule has 156 valence electrons. The first kappa shape index (κ1) is 20.1. The minimum absolute atomic E-state index is 0.345. The number of ether oxygens (including phenoxy) is 1. The molecule has 3 aromatic carbocycles. The number of hydrogen-bond donors (Lipinski definition) is 0. The molecule has 0 fully saturated rings. The van der Waals surface area contributed by atoms with Gasteiger partial charge in [0.1, 0.15) is 18.1 Å². The summed E-state index contributed by atoms with van der Waals surface area (Å²) in [6.45, 7) is 3.56. The van der Waals surface area contributed by atoms with Gasteiger partial charge in [-0.15, -0.1) is 0 Å². The molecule has 2 heterocycles. The second kappa shape index (κ2) is 8.04. The molecule has 0 N–H and O–H groups in total. The average molecular weight is 452 g/mol. The highest BCUT2D eigenvalue weighted by Crippen LogP contribution is 2.36. The first-order valence-electron chi connectivity index (χ1n) is 9.95. The monoisotopic (exact) mass is 451 g/mol. The maximum absolute atomic E-state index is 12.9. The molecule has 1 aliphatic heterocycles. The van der Waals surface area contributed by atoms with Gasteiger partial charge in [0, 0.05) is 28.5 Å². The summed E-state index contributed by atoms with van der Waals surface area (Å²) in [6, 6.07) is 19.0. The smallest absolute Gasteiger partial charge is 0.344 e. The summed E-state index contributed by atoms with van der Waals surface area (Å²) in [5.74, 6) is 0.737. The summed E-state index contributed by atoms with van der Waals surface area (Å²) in [6.07, 6.45) is 0. The molecule has 1 aliphatic rings. The van der Waals surface area contributed by atoms with Crippen LogP contribution in [0.1, 0.15) is 16.7 Å². The van der Waals surface area contributed by atoms with Crippen molar-refractivity contribution in [3.05, 3.63) is 97.8 Å². The minimum Gasteiger partial charge on any atom is -0.478 e. The summed E-state index contributed by atoms with van der Waals surface area (Å²) in [4.78, 5) is 15.0. The van der Waals surface area contributed by atoms with Gasteiger partial charge in [-0.05, 0) is 47.9 Å². The molecular weight excluding hydrogens is 433 g/mol. The van der Waals surface area contributed by atoms with Gasteiger partial charge in [-0.1, -0.05) is 59.6 Å². The number of benzene rings is 3. The number of aryl methyl sites for hydroxylation is 1. The molecule has 0 radical (unpaired) electrons. The molecule has 5 rings (SSSR count). The summed E-state index contributed by atoms with van der Waals surface area (Å²) >= 11 is 12.4. The van der Waals surface area contributed by atoms with Crippen LogP contribution >= 0.6 is 23.2 Å². The van der Waals surface area contributed by atoms with Gasteiger partial charge < -0.3 is 9.15 Å². The first-order chi connectivity index (χ1) is 15.0. The Balaban J connectivity index is 1.55. The van der Waals surface area contributed by atoms with E-state index in [9.17, 15) is 4.79 Å². The van der Waals surface area contributed by atoms with Gasteiger partial charge in [-0.25, -0.2) is 4.79 Å². The van der Waals surface area contributed by atoms with Gasteiger partial charge in [-0.2, -0.15) is 0 Å². The quantitative estimate of drug-likeness (QED) is 0.336. The average Bonchev–Trinajstić information content (AvgIpc) is 2.76. The molecule has 0 unspecified atom stereocenters. The largest absolute Gasteiger partial charge is 0.478 e. The van der Waals surface area contributed by atoms with Gasteiger partial charge in [0.25, 0.3) is 0 Å². The van der Waals surface area contributed by atoms with E-state index in [0.29, 0.717) is 41.0 Å². The minimum atomic E-state index is -0.345. The van der Waals surface area contributed by atoms with Crippen molar-refractivity contribution < 1.29 is 9.15 Å². The van der Waals surface area contributed by atoms with Gasteiger partial charge in [-0.3, -0.25) is 4.90 Å². The summed E-state index contributed by atoms with van der Waals surface area (Å²) in [7, 11) is 0. The number of halogens is 2. The normalized spacial score (nSPS) is 13.8. The van der Waals surface area contributed by atoms with Crippen molar-refractivity contribution in [1.29, 1.82) is 0 Å². The summed E-state index contributed by atoms with van der Waals surface area (Å²) < 4.78 is 11.8. The van der Waals surface area contributed by atoms with Crippen LogP contribution in [-0.2, 0) is 13.1 Å². The molecule has 0 aliphatic carbocycles. The van der Waals surface area contributed by atoms with Crippen molar-refractivity contribution >= 4 is 34.2 Å². The molecule has 0 saturated heterocycles. The van der Waals surface area contributed by atoms with Crippen molar-refractivity contribution in [2.45, 2.75) is 20.0 Å². The topological polar surface area (TPSA) is 42.7 Å². The predicted octanol–water partition coefficient (Wildman–Crippen LogP) is 6.43. The van der Waals surface area contributed by atoms with E-state index in [0.717, 1.165) is 33.4 Å². The third kappa shape index (κ3) is 3.72. The Morgan fingerprint density at radius 3 is 2.61 bits per heavy atom. The Morgan fingerprint density at radius 1 is 1.03 bits per heavy atom. The number of hydrogen-bond acceptors (Lipinski definition) is 4. The van der Waals surface area contributed by atoms with Crippen molar-refractivity contribution in [3.63, 3.8) is 0 Å². The third-order valence-electron chi connectivity index (χ3n) is 5.65. The number of fused-ring (bicyclic) bond motifs is 3. The molecular formula is C25H19Cl2NO3. The molecule has 1 aromatic heterocycles. The molecule has 0 saturated carbocycles. The van der Waals surface area contributed by atoms with E-state index < -0.39 is 0 Å².